The predicted octanol–water partition coefficient (Wildman–Crippen LogP) is 0.0878. The van der Waals surface area contributed by atoms with E-state index in [4.69, 9.17) is 19.7 Å². The van der Waals surface area contributed by atoms with Crippen molar-refractivity contribution in [3.63, 3.8) is 0 Å². The van der Waals surface area contributed by atoms with Crippen LogP contribution in [0.25, 0.3) is 0 Å². The first-order valence-electron chi connectivity index (χ1n) is 4.99. The average molecular weight is 241 g/mol. The number of aliphatic hydroxyl groups excluding tert-OH is 2. The largest absolute Gasteiger partial charge is 0.480 e. The maximum atomic E-state index is 10.8. The molecule has 7 nitrogen and oxygen atoms in total. The molecule has 0 bridgehead atoms. The number of rotatable bonds is 3. The van der Waals surface area contributed by atoms with Crippen molar-refractivity contribution in [2.75, 3.05) is 13.2 Å². The molecule has 1 aromatic carbocycles. The van der Waals surface area contributed by atoms with E-state index in [9.17, 15) is 10.1 Å². The van der Waals surface area contributed by atoms with Gasteiger partial charge in [0.2, 0.25) is 5.75 Å². The highest BCUT2D eigenvalue weighted by atomic mass is 16.6. The molecule has 0 radical (unpaired) electrons. The number of nitro groups is 1. The van der Waals surface area contributed by atoms with Crippen LogP contribution in [0.5, 0.6) is 11.5 Å². The Morgan fingerprint density at radius 2 is 1.88 bits per heavy atom. The molecule has 7 heteroatoms. The highest BCUT2D eigenvalue weighted by molar-refractivity contribution is 5.56. The Bertz CT molecular complexity index is 435. The van der Waals surface area contributed by atoms with Crippen molar-refractivity contribution in [1.82, 2.24) is 0 Å². The summed E-state index contributed by atoms with van der Waals surface area (Å²) < 4.78 is 10.6. The quantitative estimate of drug-likeness (QED) is 0.574. The minimum absolute atomic E-state index is 0.0127. The summed E-state index contributed by atoms with van der Waals surface area (Å²) in [7, 11) is 0. The van der Waals surface area contributed by atoms with Crippen molar-refractivity contribution in [3.05, 3.63) is 28.3 Å². The van der Waals surface area contributed by atoms with E-state index in [0.29, 0.717) is 0 Å². The lowest BCUT2D eigenvalue weighted by Crippen LogP contribution is -2.44. The Labute approximate surface area is 96.4 Å². The van der Waals surface area contributed by atoms with Crippen LogP contribution in [0.3, 0.4) is 0 Å². The zero-order valence-corrected chi connectivity index (χ0v) is 8.78. The van der Waals surface area contributed by atoms with Gasteiger partial charge in [-0.25, -0.2) is 0 Å². The van der Waals surface area contributed by atoms with Crippen molar-refractivity contribution in [2.45, 2.75) is 12.2 Å². The van der Waals surface area contributed by atoms with E-state index >= 15 is 0 Å². The first kappa shape index (κ1) is 11.6. The van der Waals surface area contributed by atoms with E-state index in [1.165, 1.54) is 18.2 Å². The van der Waals surface area contributed by atoms with Crippen LogP contribution in [-0.4, -0.2) is 40.6 Å². The van der Waals surface area contributed by atoms with E-state index in [1.54, 1.807) is 0 Å². The lowest BCUT2D eigenvalue weighted by atomic mass is 10.1. The summed E-state index contributed by atoms with van der Waals surface area (Å²) in [6.07, 6.45) is -1.54. The second kappa shape index (κ2) is 4.56. The van der Waals surface area contributed by atoms with Crippen molar-refractivity contribution in [2.24, 2.45) is 0 Å². The van der Waals surface area contributed by atoms with Crippen molar-refractivity contribution < 1.29 is 24.6 Å². The monoisotopic (exact) mass is 241 g/mol. The third-order valence-electron chi connectivity index (χ3n) is 2.48. The topological polar surface area (TPSA) is 102 Å². The van der Waals surface area contributed by atoms with Gasteiger partial charge in [0.25, 0.3) is 0 Å². The third kappa shape index (κ3) is 2.02. The number of hydrogen-bond acceptors (Lipinski definition) is 6. The SMILES string of the molecule is O=[N+]([O-])c1cccc2c1O[C@@H](CO)[C@H](CO)O2. The number of benzene rings is 1. The summed E-state index contributed by atoms with van der Waals surface area (Å²) in [5, 5.41) is 28.9. The summed E-state index contributed by atoms with van der Waals surface area (Å²) >= 11 is 0. The lowest BCUT2D eigenvalue weighted by molar-refractivity contribution is -0.386. The molecule has 0 unspecified atom stereocenters. The molecule has 1 aliphatic rings. The number of para-hydroxylation sites is 1. The van der Waals surface area contributed by atoms with Gasteiger partial charge in [0.05, 0.1) is 18.1 Å². The molecule has 0 aromatic heterocycles. The van der Waals surface area contributed by atoms with Gasteiger partial charge in [0.1, 0.15) is 0 Å². The van der Waals surface area contributed by atoms with Gasteiger partial charge in [-0.3, -0.25) is 10.1 Å². The van der Waals surface area contributed by atoms with Gasteiger partial charge in [0, 0.05) is 6.07 Å². The minimum atomic E-state index is -0.811. The average Bonchev–Trinajstić information content (AvgIpc) is 2.35. The van der Waals surface area contributed by atoms with Gasteiger partial charge in [0.15, 0.2) is 18.0 Å². The molecule has 0 aliphatic carbocycles. The summed E-state index contributed by atoms with van der Waals surface area (Å²) in [6.45, 7) is -0.732. The molecule has 92 valence electrons. The van der Waals surface area contributed by atoms with Crippen LogP contribution in [0.4, 0.5) is 5.69 Å². The summed E-state index contributed by atoms with van der Waals surface area (Å²) in [5.74, 6) is 0.184. The Kier molecular flexibility index (Phi) is 3.12. The van der Waals surface area contributed by atoms with Crippen molar-refractivity contribution in [3.8, 4) is 11.5 Å². The van der Waals surface area contributed by atoms with Gasteiger partial charge in [-0.2, -0.15) is 0 Å². The zero-order valence-electron chi connectivity index (χ0n) is 8.78. The van der Waals surface area contributed by atoms with Crippen LogP contribution in [-0.2, 0) is 0 Å². The fourth-order valence-corrected chi connectivity index (χ4v) is 1.64. The van der Waals surface area contributed by atoms with E-state index in [0.717, 1.165) is 0 Å². The molecule has 0 fully saturated rings. The first-order chi connectivity index (χ1) is 8.17. The zero-order chi connectivity index (χ0) is 12.4. The van der Waals surface area contributed by atoms with Gasteiger partial charge in [-0.15, -0.1) is 0 Å². The van der Waals surface area contributed by atoms with Crippen LogP contribution in [0, 0.1) is 10.1 Å². The van der Waals surface area contributed by atoms with E-state index in [2.05, 4.69) is 0 Å². The normalized spacial score (nSPS) is 22.2. The van der Waals surface area contributed by atoms with E-state index in [1.807, 2.05) is 0 Å². The fourth-order valence-electron chi connectivity index (χ4n) is 1.64. The molecule has 0 saturated carbocycles. The standard InChI is InChI=1S/C10H11NO6/c12-4-8-9(5-13)17-10-6(11(14)15)2-1-3-7(10)16-8/h1-3,8-9,12-13H,4-5H2/t8-,9-/m0/s1. The Morgan fingerprint density at radius 1 is 1.24 bits per heavy atom. The Hall–Kier alpha value is -1.86. The summed E-state index contributed by atoms with van der Waals surface area (Å²) in [5.41, 5.74) is -0.225. The number of aliphatic hydroxyl groups is 2. The van der Waals surface area contributed by atoms with Crippen LogP contribution in [0.15, 0.2) is 18.2 Å². The maximum absolute atomic E-state index is 10.8. The molecule has 0 spiro atoms. The van der Waals surface area contributed by atoms with E-state index in [-0.39, 0.29) is 23.8 Å². The van der Waals surface area contributed by atoms with Gasteiger partial charge >= 0.3 is 5.69 Å². The number of ether oxygens (including phenoxy) is 2. The minimum Gasteiger partial charge on any atom is -0.480 e. The smallest absolute Gasteiger partial charge is 0.314 e. The number of hydrogen-bond donors (Lipinski definition) is 2. The second-order valence-corrected chi connectivity index (χ2v) is 3.54. The molecule has 1 aromatic rings. The fraction of sp³-hybridized carbons (Fsp3) is 0.400. The first-order valence-corrected chi connectivity index (χ1v) is 4.99. The molecule has 1 aliphatic heterocycles. The molecule has 2 N–H and O–H groups in total. The van der Waals surface area contributed by atoms with Crippen LogP contribution in [0.1, 0.15) is 0 Å². The molecule has 1 heterocycles. The molecule has 17 heavy (non-hydrogen) atoms. The van der Waals surface area contributed by atoms with Crippen LogP contribution < -0.4 is 9.47 Å². The van der Waals surface area contributed by atoms with Crippen LogP contribution >= 0.6 is 0 Å². The second-order valence-electron chi connectivity index (χ2n) is 3.54. The molecule has 2 atom stereocenters. The van der Waals surface area contributed by atoms with Gasteiger partial charge < -0.3 is 19.7 Å². The lowest BCUT2D eigenvalue weighted by Gasteiger charge is -2.31. The van der Waals surface area contributed by atoms with Crippen molar-refractivity contribution in [1.29, 1.82) is 0 Å². The van der Waals surface area contributed by atoms with Gasteiger partial charge in [-0.1, -0.05) is 6.07 Å². The number of nitro benzene ring substituents is 1. The highest BCUT2D eigenvalue weighted by Crippen LogP contribution is 2.41. The molecule has 2 rings (SSSR count). The van der Waals surface area contributed by atoms with Crippen molar-refractivity contribution >= 4 is 5.69 Å². The Balaban J connectivity index is 2.41. The third-order valence-corrected chi connectivity index (χ3v) is 2.48. The molecular weight excluding hydrogens is 230 g/mol. The highest BCUT2D eigenvalue weighted by Gasteiger charge is 2.34. The maximum Gasteiger partial charge on any atom is 0.314 e. The number of nitrogens with zero attached hydrogens (tertiary/aromatic N) is 1. The van der Waals surface area contributed by atoms with E-state index < -0.39 is 23.7 Å². The molecular formula is C10H11NO6. The van der Waals surface area contributed by atoms with Crippen LogP contribution in [0.2, 0.25) is 0 Å². The molecule has 0 saturated heterocycles. The summed E-state index contributed by atoms with van der Waals surface area (Å²) in [4.78, 5) is 10.2. The number of fused-ring (bicyclic) bond motifs is 1. The van der Waals surface area contributed by atoms with Gasteiger partial charge in [-0.05, 0) is 6.07 Å². The Morgan fingerprint density at radius 3 is 2.47 bits per heavy atom. The summed E-state index contributed by atoms with van der Waals surface area (Å²) in [6, 6.07) is 4.27. The predicted molar refractivity (Wildman–Crippen MR) is 56.1 cm³/mol. The molecule has 0 amide bonds.